The van der Waals surface area contributed by atoms with Gasteiger partial charge < -0.3 is 9.84 Å². The van der Waals surface area contributed by atoms with E-state index in [4.69, 9.17) is 4.74 Å². The van der Waals surface area contributed by atoms with Crippen molar-refractivity contribution in [1.82, 2.24) is 9.97 Å². The standard InChI is InChI=1S/C22H15N3O2/c1-27-22-18(13-23)20(15-5-3-2-4-6-15)17-11-12-19(24-21(17)25-22)14-7-9-16(26)10-8-14/h2-12,26H,1H3. The molecular formula is C22H15N3O2. The molecule has 0 unspecified atom stereocenters. The van der Waals surface area contributed by atoms with Gasteiger partial charge in [-0.05, 0) is 42.0 Å². The summed E-state index contributed by atoms with van der Waals surface area (Å²) >= 11 is 0. The van der Waals surface area contributed by atoms with E-state index in [2.05, 4.69) is 16.0 Å². The molecule has 0 aliphatic rings. The van der Waals surface area contributed by atoms with Crippen LogP contribution in [0.5, 0.6) is 11.6 Å². The van der Waals surface area contributed by atoms with Crippen molar-refractivity contribution in [2.75, 3.05) is 7.11 Å². The third kappa shape index (κ3) is 2.94. The topological polar surface area (TPSA) is 79.0 Å². The predicted octanol–water partition coefficient (Wildman–Crippen LogP) is 4.55. The largest absolute Gasteiger partial charge is 0.508 e. The average molecular weight is 353 g/mol. The predicted molar refractivity (Wildman–Crippen MR) is 103 cm³/mol. The second-order valence-electron chi connectivity index (χ2n) is 5.96. The van der Waals surface area contributed by atoms with E-state index in [0.29, 0.717) is 11.2 Å². The van der Waals surface area contributed by atoms with Crippen LogP contribution < -0.4 is 4.74 Å². The Morgan fingerprint density at radius 3 is 2.30 bits per heavy atom. The van der Waals surface area contributed by atoms with Gasteiger partial charge in [0.15, 0.2) is 5.65 Å². The highest BCUT2D eigenvalue weighted by Gasteiger charge is 2.18. The summed E-state index contributed by atoms with van der Waals surface area (Å²) < 4.78 is 5.36. The van der Waals surface area contributed by atoms with Gasteiger partial charge in [0.05, 0.1) is 12.8 Å². The van der Waals surface area contributed by atoms with Crippen LogP contribution in [0.2, 0.25) is 0 Å². The molecule has 2 aromatic heterocycles. The lowest BCUT2D eigenvalue weighted by atomic mass is 9.97. The molecule has 1 N–H and O–H groups in total. The number of hydrogen-bond donors (Lipinski definition) is 1. The third-order valence-corrected chi connectivity index (χ3v) is 4.35. The summed E-state index contributed by atoms with van der Waals surface area (Å²) in [5.74, 6) is 0.448. The Kier molecular flexibility index (Phi) is 4.15. The molecule has 2 heterocycles. The summed E-state index contributed by atoms with van der Waals surface area (Å²) in [7, 11) is 1.49. The normalized spacial score (nSPS) is 10.5. The molecule has 130 valence electrons. The lowest BCUT2D eigenvalue weighted by Crippen LogP contribution is -1.99. The fraction of sp³-hybridized carbons (Fsp3) is 0.0455. The van der Waals surface area contributed by atoms with Gasteiger partial charge in [-0.2, -0.15) is 10.2 Å². The van der Waals surface area contributed by atoms with E-state index < -0.39 is 0 Å². The molecule has 0 aliphatic heterocycles. The van der Waals surface area contributed by atoms with Crippen molar-refractivity contribution < 1.29 is 9.84 Å². The second kappa shape index (κ2) is 6.77. The summed E-state index contributed by atoms with van der Waals surface area (Å²) in [5, 5.41) is 20.0. The molecule has 0 radical (unpaired) electrons. The fourth-order valence-corrected chi connectivity index (χ4v) is 3.07. The highest BCUT2D eigenvalue weighted by molar-refractivity contribution is 5.97. The molecule has 0 saturated heterocycles. The number of aromatic nitrogens is 2. The lowest BCUT2D eigenvalue weighted by Gasteiger charge is -2.12. The van der Waals surface area contributed by atoms with Crippen molar-refractivity contribution in [3.05, 3.63) is 72.3 Å². The van der Waals surface area contributed by atoms with Crippen molar-refractivity contribution in [3.63, 3.8) is 0 Å². The monoisotopic (exact) mass is 353 g/mol. The van der Waals surface area contributed by atoms with E-state index in [1.165, 1.54) is 7.11 Å². The number of nitrogens with zero attached hydrogens (tertiary/aromatic N) is 3. The zero-order chi connectivity index (χ0) is 18.8. The van der Waals surface area contributed by atoms with Crippen LogP contribution in [0.3, 0.4) is 0 Å². The average Bonchev–Trinajstić information content (AvgIpc) is 2.73. The Bertz CT molecular complexity index is 1160. The minimum Gasteiger partial charge on any atom is -0.508 e. The molecule has 0 fully saturated rings. The number of fused-ring (bicyclic) bond motifs is 1. The molecule has 27 heavy (non-hydrogen) atoms. The highest BCUT2D eigenvalue weighted by atomic mass is 16.5. The number of rotatable bonds is 3. The van der Waals surface area contributed by atoms with Gasteiger partial charge in [-0.25, -0.2) is 4.98 Å². The van der Waals surface area contributed by atoms with Gasteiger partial charge in [-0.1, -0.05) is 30.3 Å². The molecule has 0 saturated carbocycles. The van der Waals surface area contributed by atoms with Gasteiger partial charge >= 0.3 is 0 Å². The molecule has 4 aromatic rings. The van der Waals surface area contributed by atoms with Crippen LogP contribution in [0.1, 0.15) is 5.56 Å². The number of aromatic hydroxyl groups is 1. The third-order valence-electron chi connectivity index (χ3n) is 4.35. The van der Waals surface area contributed by atoms with E-state index in [-0.39, 0.29) is 11.6 Å². The number of nitriles is 1. The summed E-state index contributed by atoms with van der Waals surface area (Å²) in [4.78, 5) is 9.11. The Hall–Kier alpha value is -3.91. The first kappa shape index (κ1) is 16.6. The van der Waals surface area contributed by atoms with Crippen molar-refractivity contribution in [2.24, 2.45) is 0 Å². The van der Waals surface area contributed by atoms with Crippen LogP contribution in [0.4, 0.5) is 0 Å². The van der Waals surface area contributed by atoms with Gasteiger partial charge in [0.2, 0.25) is 5.88 Å². The van der Waals surface area contributed by atoms with Crippen LogP contribution in [-0.2, 0) is 0 Å². The maximum atomic E-state index is 9.70. The number of methoxy groups -OCH3 is 1. The first-order valence-corrected chi connectivity index (χ1v) is 8.35. The van der Waals surface area contributed by atoms with Crippen LogP contribution in [0.25, 0.3) is 33.4 Å². The number of ether oxygens (including phenoxy) is 1. The number of phenolic OH excluding ortho intramolecular Hbond substituents is 1. The number of phenols is 1. The first-order chi connectivity index (χ1) is 13.2. The molecule has 0 atom stereocenters. The number of pyridine rings is 2. The van der Waals surface area contributed by atoms with E-state index >= 15 is 0 Å². The maximum Gasteiger partial charge on any atom is 0.234 e. The highest BCUT2D eigenvalue weighted by Crippen LogP contribution is 2.36. The fourth-order valence-electron chi connectivity index (χ4n) is 3.07. The zero-order valence-electron chi connectivity index (χ0n) is 14.5. The molecule has 0 aliphatic carbocycles. The van der Waals surface area contributed by atoms with Gasteiger partial charge in [-0.15, -0.1) is 0 Å². The summed E-state index contributed by atoms with van der Waals surface area (Å²) in [5.41, 5.74) is 4.12. The zero-order valence-corrected chi connectivity index (χ0v) is 14.5. The van der Waals surface area contributed by atoms with E-state index in [1.807, 2.05) is 42.5 Å². The minimum absolute atomic E-state index is 0.198. The minimum atomic E-state index is 0.198. The SMILES string of the molecule is COc1nc2nc(-c3ccc(O)cc3)ccc2c(-c2ccccc2)c1C#N. The summed E-state index contributed by atoms with van der Waals surface area (Å²) in [6.45, 7) is 0. The van der Waals surface area contributed by atoms with Gasteiger partial charge in [0.1, 0.15) is 17.4 Å². The molecule has 0 amide bonds. The van der Waals surface area contributed by atoms with Gasteiger partial charge in [0.25, 0.3) is 0 Å². The van der Waals surface area contributed by atoms with Crippen molar-refractivity contribution >= 4 is 11.0 Å². The van der Waals surface area contributed by atoms with Gasteiger partial charge in [0, 0.05) is 16.5 Å². The number of hydrogen-bond acceptors (Lipinski definition) is 5. The first-order valence-electron chi connectivity index (χ1n) is 8.35. The summed E-state index contributed by atoms with van der Waals surface area (Å²) in [6, 6.07) is 22.5. The number of benzene rings is 2. The lowest BCUT2D eigenvalue weighted by molar-refractivity contribution is 0.398. The Balaban J connectivity index is 2.00. The van der Waals surface area contributed by atoms with Crippen LogP contribution in [-0.4, -0.2) is 22.2 Å². The Morgan fingerprint density at radius 2 is 1.63 bits per heavy atom. The molecular weight excluding hydrogens is 338 g/mol. The molecule has 4 rings (SSSR count). The molecule has 5 heteroatoms. The molecule has 2 aromatic carbocycles. The maximum absolute atomic E-state index is 9.70. The van der Waals surface area contributed by atoms with Crippen molar-refractivity contribution in [3.8, 4) is 40.1 Å². The van der Waals surface area contributed by atoms with Crippen molar-refractivity contribution in [1.29, 1.82) is 5.26 Å². The van der Waals surface area contributed by atoms with E-state index in [1.54, 1.807) is 24.3 Å². The molecule has 0 spiro atoms. The van der Waals surface area contributed by atoms with Crippen LogP contribution in [0, 0.1) is 11.3 Å². The van der Waals surface area contributed by atoms with Crippen LogP contribution >= 0.6 is 0 Å². The molecule has 0 bridgehead atoms. The van der Waals surface area contributed by atoms with Crippen LogP contribution in [0.15, 0.2) is 66.7 Å². The van der Waals surface area contributed by atoms with E-state index in [0.717, 1.165) is 27.8 Å². The second-order valence-corrected chi connectivity index (χ2v) is 5.96. The van der Waals surface area contributed by atoms with Crippen molar-refractivity contribution in [2.45, 2.75) is 0 Å². The van der Waals surface area contributed by atoms with Gasteiger partial charge in [-0.3, -0.25) is 0 Å². The summed E-state index contributed by atoms with van der Waals surface area (Å²) in [6.07, 6.45) is 0. The Labute approximate surface area is 156 Å². The smallest absolute Gasteiger partial charge is 0.234 e. The Morgan fingerprint density at radius 1 is 0.889 bits per heavy atom. The molecule has 5 nitrogen and oxygen atoms in total. The quantitative estimate of drug-likeness (QED) is 0.584. The van der Waals surface area contributed by atoms with E-state index in [9.17, 15) is 10.4 Å².